The third-order valence-corrected chi connectivity index (χ3v) is 13.4. The lowest BCUT2D eigenvalue weighted by Gasteiger charge is -2.41. The van der Waals surface area contributed by atoms with Crippen LogP contribution in [0.5, 0.6) is 0 Å². The fourth-order valence-electron chi connectivity index (χ4n) is 8.75. The second-order valence-corrected chi connectivity index (χ2v) is 20.0. The molecule has 11 heteroatoms. The van der Waals surface area contributed by atoms with Crippen molar-refractivity contribution in [1.82, 2.24) is 5.32 Å². The summed E-state index contributed by atoms with van der Waals surface area (Å²) in [6, 6.07) is -1.03. The summed E-state index contributed by atoms with van der Waals surface area (Å²) in [6.07, 6.45) is 50.9. The van der Waals surface area contributed by atoms with Crippen LogP contribution < -0.4 is 5.32 Å². The third kappa shape index (κ3) is 36.9. The van der Waals surface area contributed by atoms with E-state index in [0.29, 0.717) is 19.3 Å². The van der Waals surface area contributed by atoms with Gasteiger partial charge in [-0.25, -0.2) is 0 Å². The first-order valence-electron chi connectivity index (χ1n) is 29.2. The molecule has 0 bridgehead atoms. The highest BCUT2D eigenvalue weighted by molar-refractivity contribution is 5.80. The number of carbonyl (C=O) groups is 2. The minimum absolute atomic E-state index is 0.0439. The highest BCUT2D eigenvalue weighted by atomic mass is 16.7. The molecule has 0 aromatic carbocycles. The quantitative estimate of drug-likeness (QED) is 0.0195. The zero-order chi connectivity index (χ0) is 52.5. The van der Waals surface area contributed by atoms with E-state index >= 15 is 0 Å². The van der Waals surface area contributed by atoms with Crippen molar-refractivity contribution in [2.75, 3.05) is 13.2 Å². The highest BCUT2D eigenvalue weighted by Crippen LogP contribution is 2.26. The zero-order valence-corrected chi connectivity index (χ0v) is 45.8. The fraction of sp³-hybridized carbons (Fsp3) is 0.770. The van der Waals surface area contributed by atoms with Gasteiger partial charge in [0, 0.05) is 6.42 Å². The molecule has 1 aliphatic heterocycles. The SMILES string of the molecule is CC/C=C\C/C=C\C/C=C\C/C=C\C/C=C\CCCC(=O)OC1C(OCC(NC(=O)C(O)CCCCCCCCCCCCCCCC)C(O)/C=C/CCCCCCCCCCCC)OC(CO)C(O)C1O. The molecule has 1 heterocycles. The Balaban J connectivity index is 2.76. The largest absolute Gasteiger partial charge is 0.454 e. The molecular formula is C61H107NO10. The molecule has 0 saturated carbocycles. The number of amides is 1. The second-order valence-electron chi connectivity index (χ2n) is 20.0. The Morgan fingerprint density at radius 3 is 1.49 bits per heavy atom. The Morgan fingerprint density at radius 1 is 0.556 bits per heavy atom. The van der Waals surface area contributed by atoms with Gasteiger partial charge in [-0.1, -0.05) is 241 Å². The Morgan fingerprint density at radius 2 is 1.00 bits per heavy atom. The molecule has 11 nitrogen and oxygen atoms in total. The number of nitrogens with one attached hydrogen (secondary N) is 1. The molecule has 0 aromatic heterocycles. The van der Waals surface area contributed by atoms with Crippen LogP contribution in [0.1, 0.15) is 239 Å². The maximum Gasteiger partial charge on any atom is 0.306 e. The molecule has 1 aliphatic rings. The minimum atomic E-state index is -1.64. The maximum absolute atomic E-state index is 13.4. The van der Waals surface area contributed by atoms with Crippen LogP contribution in [0, 0.1) is 0 Å². The van der Waals surface area contributed by atoms with Crippen molar-refractivity contribution in [2.24, 2.45) is 0 Å². The molecule has 1 saturated heterocycles. The Labute approximate surface area is 439 Å². The van der Waals surface area contributed by atoms with Crippen LogP contribution in [-0.2, 0) is 23.8 Å². The summed E-state index contributed by atoms with van der Waals surface area (Å²) >= 11 is 0. The van der Waals surface area contributed by atoms with E-state index in [1.54, 1.807) is 6.08 Å². The molecule has 6 N–H and O–H groups in total. The molecule has 0 aliphatic carbocycles. The van der Waals surface area contributed by atoms with Gasteiger partial charge in [-0.15, -0.1) is 0 Å². The second kappa shape index (κ2) is 49.0. The molecule has 72 heavy (non-hydrogen) atoms. The van der Waals surface area contributed by atoms with Crippen LogP contribution in [-0.4, -0.2) is 99.6 Å². The zero-order valence-electron chi connectivity index (χ0n) is 45.8. The smallest absolute Gasteiger partial charge is 0.306 e. The molecular weight excluding hydrogens is 907 g/mol. The lowest BCUT2D eigenvalue weighted by molar-refractivity contribution is -0.305. The molecule has 1 amide bonds. The van der Waals surface area contributed by atoms with Crippen LogP contribution in [0.3, 0.4) is 0 Å². The van der Waals surface area contributed by atoms with Gasteiger partial charge in [0.2, 0.25) is 5.91 Å². The van der Waals surface area contributed by atoms with Gasteiger partial charge in [0.25, 0.3) is 0 Å². The number of aliphatic hydroxyl groups excluding tert-OH is 5. The van der Waals surface area contributed by atoms with Crippen molar-refractivity contribution in [3.63, 3.8) is 0 Å². The molecule has 1 fully saturated rings. The van der Waals surface area contributed by atoms with Crippen LogP contribution >= 0.6 is 0 Å². The summed E-state index contributed by atoms with van der Waals surface area (Å²) in [5, 5.41) is 56.8. The fourth-order valence-corrected chi connectivity index (χ4v) is 8.75. The summed E-state index contributed by atoms with van der Waals surface area (Å²) in [7, 11) is 0. The van der Waals surface area contributed by atoms with E-state index in [4.69, 9.17) is 14.2 Å². The van der Waals surface area contributed by atoms with Gasteiger partial charge in [-0.2, -0.15) is 0 Å². The molecule has 0 radical (unpaired) electrons. The van der Waals surface area contributed by atoms with Crippen LogP contribution in [0.25, 0.3) is 0 Å². The first-order valence-corrected chi connectivity index (χ1v) is 29.2. The minimum Gasteiger partial charge on any atom is -0.454 e. The predicted octanol–water partition coefficient (Wildman–Crippen LogP) is 13.2. The number of esters is 1. The first-order chi connectivity index (χ1) is 35.2. The Hall–Kier alpha value is -2.90. The lowest BCUT2D eigenvalue weighted by atomic mass is 9.99. The number of ether oxygens (including phenoxy) is 3. The number of carbonyl (C=O) groups excluding carboxylic acids is 2. The summed E-state index contributed by atoms with van der Waals surface area (Å²) in [4.78, 5) is 26.4. The van der Waals surface area contributed by atoms with Crippen molar-refractivity contribution in [1.29, 1.82) is 0 Å². The number of rotatable bonds is 48. The predicted molar refractivity (Wildman–Crippen MR) is 296 cm³/mol. The molecule has 1 rings (SSSR count). The van der Waals surface area contributed by atoms with Gasteiger partial charge in [-0.3, -0.25) is 9.59 Å². The van der Waals surface area contributed by atoms with E-state index in [0.717, 1.165) is 70.6 Å². The van der Waals surface area contributed by atoms with E-state index in [9.17, 15) is 35.1 Å². The van der Waals surface area contributed by atoms with E-state index < -0.39 is 67.4 Å². The van der Waals surface area contributed by atoms with Crippen LogP contribution in [0.4, 0.5) is 0 Å². The average Bonchev–Trinajstić information content (AvgIpc) is 3.38. The van der Waals surface area contributed by atoms with Gasteiger partial charge >= 0.3 is 5.97 Å². The van der Waals surface area contributed by atoms with Crippen molar-refractivity contribution in [2.45, 2.75) is 288 Å². The van der Waals surface area contributed by atoms with Crippen molar-refractivity contribution in [3.05, 3.63) is 72.9 Å². The summed E-state index contributed by atoms with van der Waals surface area (Å²) in [5.74, 6) is -1.26. The van der Waals surface area contributed by atoms with Gasteiger partial charge in [0.05, 0.1) is 25.4 Å². The Bertz CT molecular complexity index is 1440. The summed E-state index contributed by atoms with van der Waals surface area (Å²) < 4.78 is 17.5. The number of allylic oxidation sites excluding steroid dienone is 11. The standard InChI is InChI=1S/C61H107NO10/c1-4-7-10-13-16-19-22-25-27-28-29-31-34-37-40-43-46-49-56(66)72-59-58(68)57(67)55(50-63)71-61(59)70-51-52(53(64)47-44-41-38-35-32-24-21-18-15-12-9-6-3)62-60(69)54(65)48-45-42-39-36-33-30-26-23-20-17-14-11-8-5-2/h7,10,16,19,25,27,29,31,37,40,44,47,52-55,57-59,61,63-65,67-68H,4-6,8-9,11-15,17-18,20-24,26,28,30,32-36,38-39,41-43,45-46,48-51H2,1-3H3,(H,62,69)/b10-7-,19-16-,27-25-,31-29-,40-37-,47-44+. The maximum atomic E-state index is 13.4. The molecule has 8 atom stereocenters. The molecule has 0 spiro atoms. The molecule has 8 unspecified atom stereocenters. The van der Waals surface area contributed by atoms with Gasteiger partial charge < -0.3 is 45.1 Å². The van der Waals surface area contributed by atoms with Crippen LogP contribution in [0.2, 0.25) is 0 Å². The molecule has 0 aromatic rings. The van der Waals surface area contributed by atoms with Crippen molar-refractivity contribution < 1.29 is 49.3 Å². The molecule has 416 valence electrons. The topological polar surface area (TPSA) is 175 Å². The monoisotopic (exact) mass is 1010 g/mol. The number of unbranched alkanes of at least 4 members (excludes halogenated alkanes) is 24. The highest BCUT2D eigenvalue weighted by Gasteiger charge is 2.47. The number of aliphatic hydroxyl groups is 5. The van der Waals surface area contributed by atoms with Crippen molar-refractivity contribution >= 4 is 11.9 Å². The van der Waals surface area contributed by atoms with Crippen LogP contribution in [0.15, 0.2) is 72.9 Å². The van der Waals surface area contributed by atoms with Gasteiger partial charge in [0.1, 0.15) is 24.4 Å². The van der Waals surface area contributed by atoms with E-state index in [1.165, 1.54) is 116 Å². The average molecular weight is 1010 g/mol. The van der Waals surface area contributed by atoms with Gasteiger partial charge in [-0.05, 0) is 64.2 Å². The van der Waals surface area contributed by atoms with E-state index in [1.807, 2.05) is 18.2 Å². The van der Waals surface area contributed by atoms with E-state index in [-0.39, 0.29) is 19.4 Å². The Kier molecular flexibility index (Phi) is 45.7. The number of hydrogen-bond donors (Lipinski definition) is 6. The number of hydrogen-bond acceptors (Lipinski definition) is 10. The summed E-state index contributed by atoms with van der Waals surface area (Å²) in [6.45, 7) is 5.63. The third-order valence-electron chi connectivity index (χ3n) is 13.4. The normalized spacial score (nSPS) is 20.0. The summed E-state index contributed by atoms with van der Waals surface area (Å²) in [5.41, 5.74) is 0. The lowest BCUT2D eigenvalue weighted by Crippen LogP contribution is -2.61. The van der Waals surface area contributed by atoms with Gasteiger partial charge in [0.15, 0.2) is 12.4 Å². The van der Waals surface area contributed by atoms with E-state index in [2.05, 4.69) is 74.7 Å². The first kappa shape index (κ1) is 67.1. The van der Waals surface area contributed by atoms with Crippen molar-refractivity contribution in [3.8, 4) is 0 Å².